The van der Waals surface area contributed by atoms with Crippen molar-refractivity contribution in [1.82, 2.24) is 15.3 Å². The van der Waals surface area contributed by atoms with E-state index in [1.165, 1.54) is 6.33 Å². The summed E-state index contributed by atoms with van der Waals surface area (Å²) in [6, 6.07) is 0. The van der Waals surface area contributed by atoms with E-state index in [9.17, 15) is 4.79 Å². The number of amides is 1. The van der Waals surface area contributed by atoms with Gasteiger partial charge in [-0.3, -0.25) is 4.79 Å². The normalized spacial score (nSPS) is 15.5. The van der Waals surface area contributed by atoms with Gasteiger partial charge in [-0.25, -0.2) is 9.97 Å². The van der Waals surface area contributed by atoms with Gasteiger partial charge >= 0.3 is 0 Å². The van der Waals surface area contributed by atoms with Crippen LogP contribution >= 0.6 is 0 Å². The Kier molecular flexibility index (Phi) is 1.31. The standard InChI is InChI=1S/C7H7N3O/c11-7-1-6-5(3-9-7)2-8-4-10-6/h2,4H,1,3H2,(H,9,11). The van der Waals surface area contributed by atoms with Crippen LogP contribution in [0.15, 0.2) is 12.5 Å². The summed E-state index contributed by atoms with van der Waals surface area (Å²) < 4.78 is 0. The Morgan fingerprint density at radius 3 is 3.36 bits per heavy atom. The molecule has 1 aromatic rings. The van der Waals surface area contributed by atoms with E-state index in [0.29, 0.717) is 13.0 Å². The van der Waals surface area contributed by atoms with Gasteiger partial charge < -0.3 is 5.32 Å². The molecule has 2 rings (SSSR count). The van der Waals surface area contributed by atoms with Gasteiger partial charge in [0.25, 0.3) is 0 Å². The molecule has 0 unspecified atom stereocenters. The summed E-state index contributed by atoms with van der Waals surface area (Å²) in [5.74, 6) is 0.0381. The maximum Gasteiger partial charge on any atom is 0.226 e. The lowest BCUT2D eigenvalue weighted by Crippen LogP contribution is -2.30. The summed E-state index contributed by atoms with van der Waals surface area (Å²) in [7, 11) is 0. The van der Waals surface area contributed by atoms with Crippen molar-refractivity contribution in [2.24, 2.45) is 0 Å². The van der Waals surface area contributed by atoms with Gasteiger partial charge in [-0.05, 0) is 0 Å². The minimum atomic E-state index is 0.0381. The lowest BCUT2D eigenvalue weighted by Gasteiger charge is -2.13. The molecule has 0 aliphatic carbocycles. The molecule has 11 heavy (non-hydrogen) atoms. The smallest absolute Gasteiger partial charge is 0.226 e. The zero-order chi connectivity index (χ0) is 7.68. The zero-order valence-electron chi connectivity index (χ0n) is 5.87. The van der Waals surface area contributed by atoms with Crippen molar-refractivity contribution in [2.45, 2.75) is 13.0 Å². The third-order valence-corrected chi connectivity index (χ3v) is 1.69. The zero-order valence-corrected chi connectivity index (χ0v) is 5.87. The molecule has 1 N–H and O–H groups in total. The second kappa shape index (κ2) is 2.30. The minimum Gasteiger partial charge on any atom is -0.352 e. The molecule has 4 heteroatoms. The lowest BCUT2D eigenvalue weighted by atomic mass is 10.1. The van der Waals surface area contributed by atoms with Crippen LogP contribution in [0.2, 0.25) is 0 Å². The van der Waals surface area contributed by atoms with Gasteiger partial charge in [-0.15, -0.1) is 0 Å². The van der Waals surface area contributed by atoms with Gasteiger partial charge in [0.15, 0.2) is 0 Å². The Morgan fingerprint density at radius 2 is 2.45 bits per heavy atom. The number of nitrogens with zero attached hydrogens (tertiary/aromatic N) is 2. The quantitative estimate of drug-likeness (QED) is 0.548. The highest BCUT2D eigenvalue weighted by molar-refractivity contribution is 5.79. The maximum atomic E-state index is 10.9. The van der Waals surface area contributed by atoms with Gasteiger partial charge in [0.1, 0.15) is 6.33 Å². The molecular weight excluding hydrogens is 142 g/mol. The maximum absolute atomic E-state index is 10.9. The summed E-state index contributed by atoms with van der Waals surface area (Å²) in [5.41, 5.74) is 1.87. The number of hydrogen-bond donors (Lipinski definition) is 1. The summed E-state index contributed by atoms with van der Waals surface area (Å²) in [5, 5.41) is 2.72. The van der Waals surface area contributed by atoms with E-state index in [2.05, 4.69) is 15.3 Å². The van der Waals surface area contributed by atoms with Crippen LogP contribution < -0.4 is 5.32 Å². The molecule has 1 aliphatic rings. The third-order valence-electron chi connectivity index (χ3n) is 1.69. The average molecular weight is 149 g/mol. The van der Waals surface area contributed by atoms with Crippen LogP contribution in [0.25, 0.3) is 0 Å². The molecule has 1 aromatic heterocycles. The van der Waals surface area contributed by atoms with E-state index in [0.717, 1.165) is 11.3 Å². The van der Waals surface area contributed by atoms with Crippen molar-refractivity contribution in [1.29, 1.82) is 0 Å². The number of rotatable bonds is 0. The van der Waals surface area contributed by atoms with Gasteiger partial charge in [0.05, 0.1) is 12.1 Å². The fraction of sp³-hybridized carbons (Fsp3) is 0.286. The van der Waals surface area contributed by atoms with Crippen molar-refractivity contribution >= 4 is 5.91 Å². The Labute approximate surface area is 63.7 Å². The highest BCUT2D eigenvalue weighted by atomic mass is 16.1. The summed E-state index contributed by atoms with van der Waals surface area (Å²) in [4.78, 5) is 18.7. The minimum absolute atomic E-state index is 0.0381. The van der Waals surface area contributed by atoms with Crippen molar-refractivity contribution in [3.63, 3.8) is 0 Å². The molecule has 0 saturated carbocycles. The molecule has 0 bridgehead atoms. The molecule has 1 aliphatic heterocycles. The fourth-order valence-electron chi connectivity index (χ4n) is 1.10. The van der Waals surface area contributed by atoms with E-state index >= 15 is 0 Å². The van der Waals surface area contributed by atoms with E-state index in [-0.39, 0.29) is 5.91 Å². The molecule has 0 fully saturated rings. The summed E-state index contributed by atoms with van der Waals surface area (Å²) in [6.07, 6.45) is 3.59. The molecule has 2 heterocycles. The van der Waals surface area contributed by atoms with Crippen LogP contribution in [-0.4, -0.2) is 15.9 Å². The van der Waals surface area contributed by atoms with Crippen LogP contribution in [0.4, 0.5) is 0 Å². The van der Waals surface area contributed by atoms with E-state index in [1.807, 2.05) is 0 Å². The topological polar surface area (TPSA) is 54.9 Å². The summed E-state index contributed by atoms with van der Waals surface area (Å²) in [6.45, 7) is 0.564. The van der Waals surface area contributed by atoms with Crippen LogP contribution in [0.1, 0.15) is 11.3 Å². The Bertz CT molecular complexity index is 297. The highest BCUT2D eigenvalue weighted by Crippen LogP contribution is 2.08. The Hall–Kier alpha value is -1.45. The molecule has 0 saturated heterocycles. The van der Waals surface area contributed by atoms with E-state index in [1.54, 1.807) is 6.20 Å². The third kappa shape index (κ3) is 1.07. The van der Waals surface area contributed by atoms with Crippen molar-refractivity contribution in [2.75, 3.05) is 0 Å². The van der Waals surface area contributed by atoms with Crippen LogP contribution in [0.3, 0.4) is 0 Å². The molecule has 4 nitrogen and oxygen atoms in total. The van der Waals surface area contributed by atoms with Crippen LogP contribution in [-0.2, 0) is 17.8 Å². The van der Waals surface area contributed by atoms with Gasteiger partial charge in [-0.1, -0.05) is 0 Å². The second-order valence-electron chi connectivity index (χ2n) is 2.45. The fourth-order valence-corrected chi connectivity index (χ4v) is 1.10. The molecule has 0 aromatic carbocycles. The van der Waals surface area contributed by atoms with Crippen LogP contribution in [0.5, 0.6) is 0 Å². The predicted octanol–water partition coefficient (Wildman–Crippen LogP) is -0.351. The van der Waals surface area contributed by atoms with Gasteiger partial charge in [0, 0.05) is 18.3 Å². The SMILES string of the molecule is O=C1Cc2ncncc2CN1. The van der Waals surface area contributed by atoms with E-state index < -0.39 is 0 Å². The van der Waals surface area contributed by atoms with Gasteiger partial charge in [-0.2, -0.15) is 0 Å². The molecule has 0 radical (unpaired) electrons. The Morgan fingerprint density at radius 1 is 1.55 bits per heavy atom. The first-order valence-corrected chi connectivity index (χ1v) is 3.41. The highest BCUT2D eigenvalue weighted by Gasteiger charge is 2.14. The number of hydrogen-bond acceptors (Lipinski definition) is 3. The number of fused-ring (bicyclic) bond motifs is 1. The van der Waals surface area contributed by atoms with E-state index in [4.69, 9.17) is 0 Å². The first-order valence-electron chi connectivity index (χ1n) is 3.41. The Balaban J connectivity index is 2.41. The lowest BCUT2D eigenvalue weighted by molar-refractivity contribution is -0.121. The second-order valence-corrected chi connectivity index (χ2v) is 2.45. The summed E-state index contributed by atoms with van der Waals surface area (Å²) >= 11 is 0. The average Bonchev–Trinajstić information content (AvgIpc) is 2.04. The number of aromatic nitrogens is 2. The van der Waals surface area contributed by atoms with Gasteiger partial charge in [0.2, 0.25) is 5.91 Å². The molecular formula is C7H7N3O. The molecule has 0 atom stereocenters. The van der Waals surface area contributed by atoms with Crippen LogP contribution in [0, 0.1) is 0 Å². The van der Waals surface area contributed by atoms with Crippen molar-refractivity contribution < 1.29 is 4.79 Å². The monoisotopic (exact) mass is 149 g/mol. The molecule has 0 spiro atoms. The number of carbonyl (C=O) groups excluding carboxylic acids is 1. The predicted molar refractivity (Wildman–Crippen MR) is 37.6 cm³/mol. The molecule has 56 valence electrons. The molecule has 1 amide bonds. The number of nitrogens with one attached hydrogen (secondary N) is 1. The van der Waals surface area contributed by atoms with Crippen molar-refractivity contribution in [3.8, 4) is 0 Å². The first-order chi connectivity index (χ1) is 5.36. The number of carbonyl (C=O) groups is 1. The van der Waals surface area contributed by atoms with Crippen molar-refractivity contribution in [3.05, 3.63) is 23.8 Å². The first kappa shape index (κ1) is 6.27. The largest absolute Gasteiger partial charge is 0.352 e.